The highest BCUT2D eigenvalue weighted by Gasteiger charge is 2.15. The number of benzene rings is 2. The second-order valence-corrected chi connectivity index (χ2v) is 7.79. The van der Waals surface area contributed by atoms with Gasteiger partial charge in [-0.3, -0.25) is 0 Å². The third-order valence-electron chi connectivity index (χ3n) is 4.83. The second-order valence-electron chi connectivity index (χ2n) is 7.79. The van der Waals surface area contributed by atoms with E-state index >= 15 is 0 Å². The number of rotatable bonds is 4. The Hall–Kier alpha value is -3.78. The minimum absolute atomic E-state index is 0.0127. The van der Waals surface area contributed by atoms with Crippen LogP contribution < -0.4 is 0 Å². The Balaban J connectivity index is 0.000000264. The number of hydrogen-bond donors (Lipinski definition) is 5. The second kappa shape index (κ2) is 15.1. The van der Waals surface area contributed by atoms with Crippen molar-refractivity contribution in [3.63, 3.8) is 0 Å². The van der Waals surface area contributed by atoms with Gasteiger partial charge in [0.15, 0.2) is 11.5 Å². The molecule has 3 rings (SSSR count). The lowest BCUT2D eigenvalue weighted by molar-refractivity contribution is -0.135. The average molecular weight is 473 g/mol. The largest absolute Gasteiger partial charge is 0.508 e. The van der Waals surface area contributed by atoms with E-state index in [2.05, 4.69) is 11.7 Å². The van der Waals surface area contributed by atoms with Gasteiger partial charge in [0.2, 0.25) is 0 Å². The van der Waals surface area contributed by atoms with E-state index in [1.165, 1.54) is 62.4 Å². The van der Waals surface area contributed by atoms with Crippen molar-refractivity contribution in [2.24, 2.45) is 5.92 Å². The summed E-state index contributed by atoms with van der Waals surface area (Å²) in [6.07, 6.45) is 9.83. The molecule has 1 aliphatic carbocycles. The Kier molecular flexibility index (Phi) is 12.6. The van der Waals surface area contributed by atoms with Crippen molar-refractivity contribution in [2.45, 2.75) is 38.7 Å². The van der Waals surface area contributed by atoms with Crippen molar-refractivity contribution in [2.75, 3.05) is 7.11 Å². The molecule has 2 atom stereocenters. The van der Waals surface area contributed by atoms with Crippen molar-refractivity contribution < 1.29 is 39.9 Å². The topological polar surface area (TPSA) is 145 Å². The smallest absolute Gasteiger partial charge is 0.330 e. The number of aliphatic carboxylic acids is 1. The molecule has 0 saturated heterocycles. The third kappa shape index (κ3) is 12.3. The highest BCUT2D eigenvalue weighted by Crippen LogP contribution is 2.25. The van der Waals surface area contributed by atoms with E-state index in [0.717, 1.165) is 30.4 Å². The number of aliphatic hydroxyl groups excluding tert-OH is 1. The molecule has 2 aromatic rings. The first kappa shape index (κ1) is 28.3. The number of hydrogen-bond acceptors (Lipinski definition) is 7. The van der Waals surface area contributed by atoms with Gasteiger partial charge in [0.1, 0.15) is 5.75 Å². The predicted octanol–water partition coefficient (Wildman–Crippen LogP) is 4.33. The van der Waals surface area contributed by atoms with Crippen molar-refractivity contribution in [1.29, 1.82) is 0 Å². The number of carboxylic acid groups (broad SMARTS) is 1. The summed E-state index contributed by atoms with van der Waals surface area (Å²) in [4.78, 5) is 20.8. The van der Waals surface area contributed by atoms with E-state index < -0.39 is 11.9 Å². The van der Waals surface area contributed by atoms with Crippen molar-refractivity contribution in [3.05, 3.63) is 65.7 Å². The van der Waals surface area contributed by atoms with Crippen molar-refractivity contribution in [1.82, 2.24) is 0 Å². The third-order valence-corrected chi connectivity index (χ3v) is 4.83. The van der Waals surface area contributed by atoms with Gasteiger partial charge in [-0.1, -0.05) is 38.0 Å². The lowest BCUT2D eigenvalue weighted by Crippen LogP contribution is -2.16. The van der Waals surface area contributed by atoms with Crippen molar-refractivity contribution >= 4 is 24.1 Å². The standard InChI is InChI=1S/C10H10O4.C9H8O3.C7H14O/c1-14-10(13)5-3-7-2-4-8(11)9(12)6-7;10-8-4-1-7(2-5-8)3-6-9(11)12;1-6-3-2-4-7(8)5-6/h2-6,11-12H,1H3;1-6,10H,(H,11,12);6-8H,2-5H2,1H3/b5-3+;6-3+;. The molecule has 2 aromatic carbocycles. The maximum Gasteiger partial charge on any atom is 0.330 e. The fraction of sp³-hybridized carbons (Fsp3) is 0.308. The normalized spacial score (nSPS) is 17.3. The Morgan fingerprint density at radius 3 is 2.03 bits per heavy atom. The molecule has 0 radical (unpaired) electrons. The first-order valence-electron chi connectivity index (χ1n) is 10.8. The van der Waals surface area contributed by atoms with Crippen LogP contribution in [0.1, 0.15) is 43.7 Å². The molecule has 0 aliphatic heterocycles. The molecule has 0 bridgehead atoms. The fourth-order valence-electron chi connectivity index (χ4n) is 3.03. The molecule has 0 amide bonds. The summed E-state index contributed by atoms with van der Waals surface area (Å²) in [5.74, 6) is -0.945. The molecule has 8 heteroatoms. The van der Waals surface area contributed by atoms with E-state index in [-0.39, 0.29) is 23.4 Å². The number of esters is 1. The summed E-state index contributed by atoms with van der Waals surface area (Å²) in [5.41, 5.74) is 1.35. The molecule has 1 fully saturated rings. The van der Waals surface area contributed by atoms with Crippen LogP contribution in [0.5, 0.6) is 17.2 Å². The van der Waals surface area contributed by atoms with Gasteiger partial charge in [0.05, 0.1) is 13.2 Å². The van der Waals surface area contributed by atoms with Gasteiger partial charge in [0, 0.05) is 12.2 Å². The minimum atomic E-state index is -0.983. The molecule has 5 N–H and O–H groups in total. The number of aromatic hydroxyl groups is 3. The number of ether oxygens (including phenoxy) is 1. The van der Waals surface area contributed by atoms with Crippen LogP contribution in [0.3, 0.4) is 0 Å². The minimum Gasteiger partial charge on any atom is -0.508 e. The van der Waals surface area contributed by atoms with Crippen molar-refractivity contribution in [3.8, 4) is 17.2 Å². The Labute approximate surface area is 199 Å². The molecule has 34 heavy (non-hydrogen) atoms. The molecule has 184 valence electrons. The molecule has 0 aromatic heterocycles. The van der Waals surface area contributed by atoms with Crippen LogP contribution in [-0.4, -0.2) is 50.7 Å². The molecule has 2 unspecified atom stereocenters. The van der Waals surface area contributed by atoms with Crippen LogP contribution in [-0.2, 0) is 14.3 Å². The van der Waals surface area contributed by atoms with Crippen LogP contribution in [0, 0.1) is 5.92 Å². The Morgan fingerprint density at radius 1 is 0.912 bits per heavy atom. The maximum atomic E-state index is 10.7. The number of carboxylic acids is 1. The van der Waals surface area contributed by atoms with Gasteiger partial charge < -0.3 is 30.3 Å². The van der Waals surface area contributed by atoms with E-state index in [1.54, 1.807) is 18.2 Å². The zero-order chi connectivity index (χ0) is 25.5. The molecular formula is C26H32O8. The van der Waals surface area contributed by atoms with Gasteiger partial charge >= 0.3 is 11.9 Å². The summed E-state index contributed by atoms with van der Waals surface area (Å²) in [5, 5.41) is 44.4. The average Bonchev–Trinajstić information content (AvgIpc) is 2.80. The summed E-state index contributed by atoms with van der Waals surface area (Å²) in [6.45, 7) is 2.21. The van der Waals surface area contributed by atoms with Crippen LogP contribution in [0.25, 0.3) is 12.2 Å². The van der Waals surface area contributed by atoms with E-state index in [4.69, 9.17) is 25.5 Å². The first-order valence-corrected chi connectivity index (χ1v) is 10.8. The van der Waals surface area contributed by atoms with E-state index in [0.29, 0.717) is 5.56 Å². The lowest BCUT2D eigenvalue weighted by atomic mass is 9.89. The summed E-state index contributed by atoms with van der Waals surface area (Å²) in [7, 11) is 1.28. The van der Waals surface area contributed by atoms with E-state index in [9.17, 15) is 9.59 Å². The number of methoxy groups -OCH3 is 1. The van der Waals surface area contributed by atoms with Crippen LogP contribution >= 0.6 is 0 Å². The van der Waals surface area contributed by atoms with Crippen LogP contribution in [0.4, 0.5) is 0 Å². The highest BCUT2D eigenvalue weighted by atomic mass is 16.5. The monoisotopic (exact) mass is 472 g/mol. The van der Waals surface area contributed by atoms with Gasteiger partial charge in [-0.2, -0.15) is 0 Å². The predicted molar refractivity (Wildman–Crippen MR) is 129 cm³/mol. The zero-order valence-electron chi connectivity index (χ0n) is 19.3. The maximum absolute atomic E-state index is 10.7. The molecule has 1 saturated carbocycles. The van der Waals surface area contributed by atoms with Crippen LogP contribution in [0.2, 0.25) is 0 Å². The molecule has 0 heterocycles. The Morgan fingerprint density at radius 2 is 1.53 bits per heavy atom. The summed E-state index contributed by atoms with van der Waals surface area (Å²) >= 11 is 0. The zero-order valence-corrected chi connectivity index (χ0v) is 19.3. The molecular weight excluding hydrogens is 440 g/mol. The number of carbonyl (C=O) groups excluding carboxylic acids is 1. The molecule has 8 nitrogen and oxygen atoms in total. The fourth-order valence-corrected chi connectivity index (χ4v) is 3.03. The number of aliphatic hydroxyl groups is 1. The number of carbonyl (C=O) groups is 2. The molecule has 0 spiro atoms. The summed E-state index contributed by atoms with van der Waals surface area (Å²) < 4.78 is 4.39. The highest BCUT2D eigenvalue weighted by molar-refractivity contribution is 5.87. The van der Waals surface area contributed by atoms with E-state index in [1.807, 2.05) is 0 Å². The quantitative estimate of drug-likeness (QED) is 0.251. The van der Waals surface area contributed by atoms with Gasteiger partial charge in [-0.15, -0.1) is 0 Å². The Bertz CT molecular complexity index is 955. The van der Waals surface area contributed by atoms with Gasteiger partial charge in [0.25, 0.3) is 0 Å². The van der Waals surface area contributed by atoms with Gasteiger partial charge in [-0.05, 0) is 66.3 Å². The lowest BCUT2D eigenvalue weighted by Gasteiger charge is -2.21. The summed E-state index contributed by atoms with van der Waals surface area (Å²) in [6, 6.07) is 10.5. The first-order chi connectivity index (χ1) is 16.1. The van der Waals surface area contributed by atoms with Crippen LogP contribution in [0.15, 0.2) is 54.6 Å². The molecule has 1 aliphatic rings. The van der Waals surface area contributed by atoms with Gasteiger partial charge in [-0.25, -0.2) is 9.59 Å². The number of phenolic OH excluding ortho intramolecular Hbond substituents is 3. The number of phenols is 3. The SMILES string of the molecule is CC1CCCC(O)C1.COC(=O)/C=C/c1ccc(O)c(O)c1.O=C(O)/C=C/c1ccc(O)cc1.